The smallest absolute Gasteiger partial charge is 0.254 e. The lowest BCUT2D eigenvalue weighted by atomic mass is 10.0. The predicted octanol–water partition coefficient (Wildman–Crippen LogP) is 4.52. The molecule has 2 aromatic carbocycles. The first-order valence-electron chi connectivity index (χ1n) is 14.4. The number of halogens is 1. The first-order chi connectivity index (χ1) is 19.0. The standard InChI is InChI=1S/C31H40ClN3O4S/c1-21-8-9-27(16-28(21)32)35(30(36)24-10-14-40(38,39)15-11-24)13-5-12-33-17-25-19-34(20-26(25)18-33)31(37)29-22(2)6-4-7-23(29)3/h4,6-9,16,24-26H,5,10-15,17-20H2,1-3H3. The molecule has 0 aliphatic carbocycles. The Balaban J connectivity index is 1.18. The average molecular weight is 586 g/mol. The molecule has 7 nitrogen and oxygen atoms in total. The van der Waals surface area contributed by atoms with Gasteiger partial charge < -0.3 is 14.7 Å². The van der Waals surface area contributed by atoms with Gasteiger partial charge in [-0.3, -0.25) is 9.59 Å². The summed E-state index contributed by atoms with van der Waals surface area (Å²) < 4.78 is 23.9. The minimum absolute atomic E-state index is 0.00577. The number of sulfone groups is 1. The Hall–Kier alpha value is -2.42. The molecule has 0 bridgehead atoms. The second-order valence-corrected chi connectivity index (χ2v) is 14.7. The van der Waals surface area contributed by atoms with E-state index >= 15 is 0 Å². The number of hydrogen-bond donors (Lipinski definition) is 0. The molecule has 3 aliphatic rings. The highest BCUT2D eigenvalue weighted by molar-refractivity contribution is 7.91. The van der Waals surface area contributed by atoms with E-state index in [0.717, 1.165) is 67.1 Å². The van der Waals surface area contributed by atoms with Crippen molar-refractivity contribution in [2.75, 3.05) is 55.7 Å². The number of nitrogens with zero attached hydrogens (tertiary/aromatic N) is 3. The molecule has 216 valence electrons. The molecule has 0 aromatic heterocycles. The summed E-state index contributed by atoms with van der Waals surface area (Å²) in [6.07, 6.45) is 1.57. The van der Waals surface area contributed by atoms with Crippen LogP contribution in [-0.2, 0) is 14.6 Å². The summed E-state index contributed by atoms with van der Waals surface area (Å²) >= 11 is 6.41. The fourth-order valence-electron chi connectivity index (χ4n) is 6.67. The Labute approximate surface area is 243 Å². The van der Waals surface area contributed by atoms with Gasteiger partial charge in [0.1, 0.15) is 9.84 Å². The van der Waals surface area contributed by atoms with E-state index < -0.39 is 9.84 Å². The summed E-state index contributed by atoms with van der Waals surface area (Å²) in [7, 11) is -3.04. The van der Waals surface area contributed by atoms with Crippen LogP contribution in [0, 0.1) is 38.5 Å². The minimum Gasteiger partial charge on any atom is -0.338 e. The number of carbonyl (C=O) groups is 2. The van der Waals surface area contributed by atoms with Gasteiger partial charge in [0.25, 0.3) is 5.91 Å². The van der Waals surface area contributed by atoms with E-state index in [1.54, 1.807) is 0 Å². The highest BCUT2D eigenvalue weighted by Crippen LogP contribution is 2.33. The fourth-order valence-corrected chi connectivity index (χ4v) is 8.34. The number of anilines is 1. The van der Waals surface area contributed by atoms with Crippen molar-refractivity contribution >= 4 is 38.9 Å². The zero-order chi connectivity index (χ0) is 28.6. The lowest BCUT2D eigenvalue weighted by molar-refractivity contribution is -0.122. The van der Waals surface area contributed by atoms with Gasteiger partial charge in [-0.1, -0.05) is 35.9 Å². The third-order valence-corrected chi connectivity index (χ3v) is 11.2. The zero-order valence-electron chi connectivity index (χ0n) is 23.7. The summed E-state index contributed by atoms with van der Waals surface area (Å²) in [5.41, 5.74) is 4.64. The molecule has 3 heterocycles. The van der Waals surface area contributed by atoms with E-state index in [0.29, 0.717) is 36.2 Å². The van der Waals surface area contributed by atoms with Crippen molar-refractivity contribution in [1.82, 2.24) is 9.80 Å². The van der Waals surface area contributed by atoms with Gasteiger partial charge in [-0.05, 0) is 87.2 Å². The number of hydrogen-bond acceptors (Lipinski definition) is 5. The van der Waals surface area contributed by atoms with Crippen LogP contribution in [0.4, 0.5) is 5.69 Å². The van der Waals surface area contributed by atoms with Gasteiger partial charge in [0.2, 0.25) is 5.91 Å². The fraction of sp³-hybridized carbons (Fsp3) is 0.548. The molecule has 3 fully saturated rings. The van der Waals surface area contributed by atoms with Gasteiger partial charge in [-0.2, -0.15) is 0 Å². The topological polar surface area (TPSA) is 78.0 Å². The lowest BCUT2D eigenvalue weighted by Crippen LogP contribution is -2.41. The molecule has 0 N–H and O–H groups in total. The molecule has 2 aromatic rings. The van der Waals surface area contributed by atoms with E-state index in [4.69, 9.17) is 11.6 Å². The van der Waals surface area contributed by atoms with Crippen molar-refractivity contribution in [1.29, 1.82) is 0 Å². The van der Waals surface area contributed by atoms with Crippen molar-refractivity contribution < 1.29 is 18.0 Å². The molecule has 3 aliphatic heterocycles. The molecule has 0 saturated carbocycles. The third-order valence-electron chi connectivity index (χ3n) is 9.04. The van der Waals surface area contributed by atoms with Gasteiger partial charge in [0.05, 0.1) is 11.5 Å². The van der Waals surface area contributed by atoms with Crippen LogP contribution in [0.2, 0.25) is 5.02 Å². The minimum atomic E-state index is -3.04. The molecule has 2 amide bonds. The lowest BCUT2D eigenvalue weighted by Gasteiger charge is -2.30. The van der Waals surface area contributed by atoms with Crippen molar-refractivity contribution in [2.45, 2.75) is 40.0 Å². The summed E-state index contributed by atoms with van der Waals surface area (Å²) in [4.78, 5) is 33.2. The van der Waals surface area contributed by atoms with Crippen LogP contribution >= 0.6 is 11.6 Å². The molecule has 2 atom stereocenters. The zero-order valence-corrected chi connectivity index (χ0v) is 25.3. The maximum absolute atomic E-state index is 13.6. The Kier molecular flexibility index (Phi) is 8.60. The van der Waals surface area contributed by atoms with Crippen LogP contribution in [0.15, 0.2) is 36.4 Å². The number of carbonyl (C=O) groups excluding carboxylic acids is 2. The monoisotopic (exact) mass is 585 g/mol. The second-order valence-electron chi connectivity index (χ2n) is 12.0. The first-order valence-corrected chi connectivity index (χ1v) is 16.6. The Bertz CT molecular complexity index is 1350. The number of amides is 2. The molecule has 40 heavy (non-hydrogen) atoms. The SMILES string of the molecule is Cc1ccc(N(CCCN2CC3CN(C(=O)c4c(C)cccc4C)CC3C2)C(=O)C2CCS(=O)(=O)CC2)cc1Cl. The van der Waals surface area contributed by atoms with E-state index in [1.807, 2.05) is 67.0 Å². The Morgan fingerprint density at radius 1 is 0.925 bits per heavy atom. The molecular formula is C31H40ClN3O4S. The van der Waals surface area contributed by atoms with Crippen LogP contribution in [0.5, 0.6) is 0 Å². The molecule has 2 unspecified atom stereocenters. The van der Waals surface area contributed by atoms with E-state index in [1.165, 1.54) is 0 Å². The maximum atomic E-state index is 13.6. The van der Waals surface area contributed by atoms with Gasteiger partial charge in [0, 0.05) is 54.9 Å². The van der Waals surface area contributed by atoms with Gasteiger partial charge in [-0.15, -0.1) is 0 Å². The average Bonchev–Trinajstić information content (AvgIpc) is 3.47. The van der Waals surface area contributed by atoms with E-state index in [2.05, 4.69) is 4.90 Å². The van der Waals surface area contributed by atoms with Crippen molar-refractivity contribution in [3.8, 4) is 0 Å². The summed E-state index contributed by atoms with van der Waals surface area (Å²) in [5.74, 6) is 0.968. The third kappa shape index (κ3) is 6.24. The van der Waals surface area contributed by atoms with Crippen molar-refractivity contribution in [3.05, 3.63) is 63.7 Å². The molecule has 9 heteroatoms. The normalized spacial score (nSPS) is 22.9. The Morgan fingerprint density at radius 3 is 2.15 bits per heavy atom. The van der Waals surface area contributed by atoms with E-state index in [9.17, 15) is 18.0 Å². The van der Waals surface area contributed by atoms with Crippen molar-refractivity contribution in [2.24, 2.45) is 17.8 Å². The predicted molar refractivity (Wildman–Crippen MR) is 160 cm³/mol. The van der Waals surface area contributed by atoms with Gasteiger partial charge >= 0.3 is 0 Å². The number of aryl methyl sites for hydroxylation is 3. The molecule has 5 rings (SSSR count). The molecular weight excluding hydrogens is 546 g/mol. The maximum Gasteiger partial charge on any atom is 0.254 e. The summed E-state index contributed by atoms with van der Waals surface area (Å²) in [5, 5.41) is 0.619. The van der Waals surface area contributed by atoms with Crippen LogP contribution in [0.25, 0.3) is 0 Å². The van der Waals surface area contributed by atoms with Crippen LogP contribution in [0.3, 0.4) is 0 Å². The highest BCUT2D eigenvalue weighted by Gasteiger charge is 2.42. The largest absolute Gasteiger partial charge is 0.338 e. The number of fused-ring (bicyclic) bond motifs is 1. The van der Waals surface area contributed by atoms with Crippen LogP contribution in [0.1, 0.15) is 46.3 Å². The van der Waals surface area contributed by atoms with Crippen molar-refractivity contribution in [3.63, 3.8) is 0 Å². The number of benzene rings is 2. The molecule has 0 spiro atoms. The second kappa shape index (κ2) is 11.8. The van der Waals surface area contributed by atoms with Crippen LogP contribution < -0.4 is 4.90 Å². The summed E-state index contributed by atoms with van der Waals surface area (Å²) in [6.45, 7) is 10.9. The summed E-state index contributed by atoms with van der Waals surface area (Å²) in [6, 6.07) is 11.7. The van der Waals surface area contributed by atoms with E-state index in [-0.39, 0.29) is 29.2 Å². The Morgan fingerprint density at radius 2 is 1.55 bits per heavy atom. The van der Waals surface area contributed by atoms with Crippen LogP contribution in [-0.4, -0.2) is 80.8 Å². The molecule has 0 radical (unpaired) electrons. The number of rotatable bonds is 7. The first kappa shape index (κ1) is 29.1. The molecule has 3 saturated heterocycles. The number of likely N-dealkylation sites (tertiary alicyclic amines) is 2. The quantitative estimate of drug-likeness (QED) is 0.478. The van der Waals surface area contributed by atoms with Gasteiger partial charge in [-0.25, -0.2) is 8.42 Å². The van der Waals surface area contributed by atoms with Gasteiger partial charge in [0.15, 0.2) is 0 Å². The highest BCUT2D eigenvalue weighted by atomic mass is 35.5.